The zero-order valence-electron chi connectivity index (χ0n) is 19.0. The van der Waals surface area contributed by atoms with Crippen molar-refractivity contribution in [2.45, 2.75) is 25.3 Å². The van der Waals surface area contributed by atoms with Crippen LogP contribution in [0, 0.1) is 34.2 Å². The molecule has 0 spiro atoms. The number of benzene rings is 3. The summed E-state index contributed by atoms with van der Waals surface area (Å²) in [5.74, 6) is -2.15. The highest BCUT2D eigenvalue weighted by molar-refractivity contribution is 6.14. The molecule has 9 heteroatoms. The molecule has 1 aliphatic heterocycles. The van der Waals surface area contributed by atoms with E-state index in [-0.39, 0.29) is 12.3 Å². The molecule has 176 valence electrons. The molecule has 3 aromatic carbocycles. The van der Waals surface area contributed by atoms with E-state index in [1.807, 2.05) is 31.2 Å². The number of hydrazone groups is 1. The lowest BCUT2D eigenvalue weighted by Crippen LogP contribution is -2.54. The lowest BCUT2D eigenvalue weighted by Gasteiger charge is -2.34. The molecule has 0 aromatic heterocycles. The lowest BCUT2D eigenvalue weighted by atomic mass is 9.75. The van der Waals surface area contributed by atoms with E-state index in [1.165, 1.54) is 53.5 Å². The molecule has 8 nitrogen and oxygen atoms in total. The number of carbonyl (C=O) groups excluding carboxylic acids is 1. The van der Waals surface area contributed by atoms with Crippen molar-refractivity contribution in [2.24, 2.45) is 5.10 Å². The van der Waals surface area contributed by atoms with Crippen molar-refractivity contribution in [2.75, 3.05) is 11.6 Å². The van der Waals surface area contributed by atoms with Crippen molar-refractivity contribution in [3.05, 3.63) is 105 Å². The highest BCUT2D eigenvalue weighted by atomic mass is 19.1. The van der Waals surface area contributed by atoms with Crippen molar-refractivity contribution in [1.29, 1.82) is 5.26 Å². The number of nitro benzene ring substituents is 1. The molecule has 0 saturated carbocycles. The van der Waals surface area contributed by atoms with Crippen LogP contribution in [0.15, 0.2) is 77.9 Å². The van der Waals surface area contributed by atoms with E-state index >= 15 is 0 Å². The van der Waals surface area contributed by atoms with Gasteiger partial charge in [0.15, 0.2) is 0 Å². The Bertz CT molecular complexity index is 1330. The number of nitro groups is 1. The van der Waals surface area contributed by atoms with Crippen molar-refractivity contribution in [1.82, 2.24) is 0 Å². The number of ether oxygens (including phenoxy) is 1. The highest BCUT2D eigenvalue weighted by Gasteiger charge is 2.60. The van der Waals surface area contributed by atoms with Crippen LogP contribution in [0.3, 0.4) is 0 Å². The summed E-state index contributed by atoms with van der Waals surface area (Å²) in [5.41, 5.74) is 0.692. The number of non-ortho nitro benzene ring substituents is 1. The first-order chi connectivity index (χ1) is 16.8. The van der Waals surface area contributed by atoms with Gasteiger partial charge in [-0.1, -0.05) is 42.0 Å². The minimum atomic E-state index is -1.95. The maximum atomic E-state index is 13.7. The van der Waals surface area contributed by atoms with Crippen molar-refractivity contribution >= 4 is 23.1 Å². The molecule has 2 unspecified atom stereocenters. The Labute approximate surface area is 201 Å². The number of halogens is 1. The molecule has 0 amide bonds. The number of rotatable bonds is 6. The molecule has 0 N–H and O–H groups in total. The summed E-state index contributed by atoms with van der Waals surface area (Å²) in [7, 11) is 0. The number of hydrogen-bond acceptors (Lipinski definition) is 7. The van der Waals surface area contributed by atoms with Gasteiger partial charge in [-0.25, -0.2) is 14.2 Å². The predicted octanol–water partition coefficient (Wildman–Crippen LogP) is 4.88. The third kappa shape index (κ3) is 4.10. The van der Waals surface area contributed by atoms with Gasteiger partial charge in [0.05, 0.1) is 28.8 Å². The third-order valence-electron chi connectivity index (χ3n) is 5.85. The van der Waals surface area contributed by atoms with Crippen LogP contribution in [0.5, 0.6) is 0 Å². The Kier molecular flexibility index (Phi) is 6.30. The molecule has 1 aliphatic rings. The van der Waals surface area contributed by atoms with Gasteiger partial charge in [-0.2, -0.15) is 10.4 Å². The van der Waals surface area contributed by atoms with Gasteiger partial charge in [0.2, 0.25) is 0 Å². The Hall–Kier alpha value is -4.58. The molecular weight excluding hydrogens is 451 g/mol. The van der Waals surface area contributed by atoms with Crippen LogP contribution >= 0.6 is 0 Å². The normalized spacial score (nSPS) is 19.1. The van der Waals surface area contributed by atoms with E-state index in [0.717, 1.165) is 5.56 Å². The monoisotopic (exact) mass is 472 g/mol. The number of nitrogens with zero attached hydrogens (tertiary/aromatic N) is 4. The van der Waals surface area contributed by atoms with Gasteiger partial charge in [-0.05, 0) is 49.2 Å². The van der Waals surface area contributed by atoms with Gasteiger partial charge in [0.1, 0.15) is 11.9 Å². The van der Waals surface area contributed by atoms with E-state index in [2.05, 4.69) is 11.2 Å². The van der Waals surface area contributed by atoms with E-state index in [9.17, 15) is 24.6 Å². The molecule has 4 rings (SSSR count). The van der Waals surface area contributed by atoms with Crippen LogP contribution in [-0.2, 0) is 9.53 Å². The van der Waals surface area contributed by atoms with Crippen molar-refractivity contribution in [3.8, 4) is 6.07 Å². The van der Waals surface area contributed by atoms with Gasteiger partial charge in [-0.15, -0.1) is 0 Å². The maximum absolute atomic E-state index is 13.7. The molecule has 2 atom stereocenters. The lowest BCUT2D eigenvalue weighted by molar-refractivity contribution is -0.384. The van der Waals surface area contributed by atoms with Crippen LogP contribution in [-0.4, -0.2) is 28.8 Å². The first kappa shape index (κ1) is 23.6. The van der Waals surface area contributed by atoms with Crippen LogP contribution in [0.4, 0.5) is 15.8 Å². The molecule has 0 bridgehead atoms. The quantitative estimate of drug-likeness (QED) is 0.287. The highest BCUT2D eigenvalue weighted by Crippen LogP contribution is 2.45. The molecular formula is C26H21FN4O4. The zero-order chi connectivity index (χ0) is 25.2. The standard InChI is InChI=1S/C26H21FN4O4/c1-3-35-25(32)26(16-28)23(18-6-4-17(2)5-7-18)24(19-8-10-20(27)11-9-19)29-30(26)21-12-14-22(15-13-21)31(33)34/h4-15,23H,3H2,1-2H3. The first-order valence-corrected chi connectivity index (χ1v) is 10.9. The Morgan fingerprint density at radius 3 is 2.31 bits per heavy atom. The fourth-order valence-corrected chi connectivity index (χ4v) is 4.15. The zero-order valence-corrected chi connectivity index (χ0v) is 19.0. The number of esters is 1. The second-order valence-corrected chi connectivity index (χ2v) is 8.02. The molecule has 0 aliphatic carbocycles. The van der Waals surface area contributed by atoms with E-state index in [4.69, 9.17) is 4.74 Å². The number of aryl methyl sites for hydroxylation is 1. The topological polar surface area (TPSA) is 109 Å². The van der Waals surface area contributed by atoms with Gasteiger partial charge < -0.3 is 4.74 Å². The molecule has 35 heavy (non-hydrogen) atoms. The Morgan fingerprint density at radius 2 is 1.77 bits per heavy atom. The summed E-state index contributed by atoms with van der Waals surface area (Å²) in [6.45, 7) is 3.58. The summed E-state index contributed by atoms with van der Waals surface area (Å²) in [6.07, 6.45) is 0. The molecule has 0 saturated heterocycles. The minimum Gasteiger partial charge on any atom is -0.463 e. The maximum Gasteiger partial charge on any atom is 0.350 e. The van der Waals surface area contributed by atoms with Gasteiger partial charge >= 0.3 is 5.97 Å². The van der Waals surface area contributed by atoms with Crippen LogP contribution in [0.25, 0.3) is 0 Å². The Morgan fingerprint density at radius 1 is 1.14 bits per heavy atom. The minimum absolute atomic E-state index is 0.0306. The van der Waals surface area contributed by atoms with Gasteiger partial charge in [0, 0.05) is 12.1 Å². The number of carbonyl (C=O) groups is 1. The fraction of sp³-hybridized carbons (Fsp3) is 0.192. The second kappa shape index (κ2) is 9.35. The van der Waals surface area contributed by atoms with Gasteiger partial charge in [-0.3, -0.25) is 10.1 Å². The average molecular weight is 472 g/mol. The molecule has 0 fully saturated rings. The van der Waals surface area contributed by atoms with Crippen LogP contribution in [0.2, 0.25) is 0 Å². The largest absolute Gasteiger partial charge is 0.463 e. The second-order valence-electron chi connectivity index (χ2n) is 8.02. The van der Waals surface area contributed by atoms with E-state index < -0.39 is 28.2 Å². The van der Waals surface area contributed by atoms with Crippen molar-refractivity contribution in [3.63, 3.8) is 0 Å². The van der Waals surface area contributed by atoms with Crippen LogP contribution in [0.1, 0.15) is 29.5 Å². The number of hydrogen-bond donors (Lipinski definition) is 0. The average Bonchev–Trinajstić information content (AvgIpc) is 3.21. The molecule has 3 aromatic rings. The molecule has 0 radical (unpaired) electrons. The van der Waals surface area contributed by atoms with Crippen LogP contribution < -0.4 is 5.01 Å². The van der Waals surface area contributed by atoms with E-state index in [1.54, 1.807) is 6.92 Å². The SMILES string of the molecule is CCOC(=O)C1(C#N)C(c2ccc(C)cc2)C(c2ccc(F)cc2)=NN1c1ccc([N+](=O)[O-])cc1. The third-order valence-corrected chi connectivity index (χ3v) is 5.85. The predicted molar refractivity (Wildman–Crippen MR) is 127 cm³/mol. The Balaban J connectivity index is 1.99. The van der Waals surface area contributed by atoms with E-state index in [0.29, 0.717) is 22.5 Å². The number of anilines is 1. The summed E-state index contributed by atoms with van der Waals surface area (Å²) < 4.78 is 19.1. The fourth-order valence-electron chi connectivity index (χ4n) is 4.15. The smallest absolute Gasteiger partial charge is 0.350 e. The molecule has 1 heterocycles. The first-order valence-electron chi connectivity index (χ1n) is 10.9. The van der Waals surface area contributed by atoms with Gasteiger partial charge in [0.25, 0.3) is 11.2 Å². The van der Waals surface area contributed by atoms with Crippen molar-refractivity contribution < 1.29 is 18.8 Å². The summed E-state index contributed by atoms with van der Waals surface area (Å²) >= 11 is 0. The summed E-state index contributed by atoms with van der Waals surface area (Å²) in [4.78, 5) is 24.1. The number of nitriles is 1. The summed E-state index contributed by atoms with van der Waals surface area (Å²) in [5, 5.41) is 27.6. The summed E-state index contributed by atoms with van der Waals surface area (Å²) in [6, 6.07) is 20.5.